The quantitative estimate of drug-likeness (QED) is 0.745. The van der Waals surface area contributed by atoms with E-state index in [4.69, 9.17) is 14.2 Å². The topological polar surface area (TPSA) is 48.0 Å². The van der Waals surface area contributed by atoms with Crippen LogP contribution in [0.3, 0.4) is 0 Å². The summed E-state index contributed by atoms with van der Waals surface area (Å²) in [4.78, 5) is 15.2. The van der Waals surface area contributed by atoms with Crippen molar-refractivity contribution in [1.82, 2.24) is 0 Å². The summed E-state index contributed by atoms with van der Waals surface area (Å²) >= 11 is 0. The van der Waals surface area contributed by atoms with E-state index < -0.39 is 5.41 Å². The van der Waals surface area contributed by atoms with Gasteiger partial charge in [-0.25, -0.2) is 0 Å². The van der Waals surface area contributed by atoms with Crippen LogP contribution in [0.2, 0.25) is 0 Å². The Morgan fingerprint density at radius 3 is 2.23 bits per heavy atom. The number of rotatable bonds is 6. The summed E-state index contributed by atoms with van der Waals surface area (Å²) in [6.07, 6.45) is 2.18. The lowest BCUT2D eigenvalue weighted by Gasteiger charge is -2.31. The molecule has 0 fully saturated rings. The molecule has 0 saturated heterocycles. The van der Waals surface area contributed by atoms with Gasteiger partial charge >= 0.3 is 0 Å². The highest BCUT2D eigenvalue weighted by molar-refractivity contribution is 6.11. The van der Waals surface area contributed by atoms with E-state index in [1.54, 1.807) is 51.5 Å². The zero-order valence-corrected chi connectivity index (χ0v) is 15.5. The van der Waals surface area contributed by atoms with Crippen molar-refractivity contribution >= 4 is 11.6 Å². The summed E-state index contributed by atoms with van der Waals surface area (Å²) in [5.74, 6) is 1.65. The summed E-state index contributed by atoms with van der Waals surface area (Å²) in [5, 5.41) is 0. The Morgan fingerprint density at radius 2 is 1.69 bits per heavy atom. The van der Waals surface area contributed by atoms with Crippen molar-refractivity contribution in [1.29, 1.82) is 0 Å². The minimum Gasteiger partial charge on any atom is -0.496 e. The molecule has 2 aromatic carbocycles. The molecule has 5 heteroatoms. The first-order valence-electron chi connectivity index (χ1n) is 8.34. The molecule has 0 N–H and O–H groups in total. The number of likely N-dealkylation sites (N-methyl/N-ethyl adjacent to an activating group) is 1. The normalized spacial score (nSPS) is 18.5. The molecule has 1 aliphatic heterocycles. The van der Waals surface area contributed by atoms with Gasteiger partial charge < -0.3 is 19.1 Å². The number of hydrogen-bond acceptors (Lipinski definition) is 4. The first-order valence-corrected chi connectivity index (χ1v) is 8.34. The van der Waals surface area contributed by atoms with E-state index in [2.05, 4.69) is 6.58 Å². The Morgan fingerprint density at radius 1 is 1.08 bits per heavy atom. The Kier molecular flexibility index (Phi) is 4.64. The van der Waals surface area contributed by atoms with Crippen molar-refractivity contribution in [3.05, 3.63) is 60.2 Å². The molecule has 0 radical (unpaired) electrons. The van der Waals surface area contributed by atoms with Gasteiger partial charge in [0.1, 0.15) is 22.7 Å². The number of ether oxygens (including phenoxy) is 3. The van der Waals surface area contributed by atoms with Gasteiger partial charge in [-0.15, -0.1) is 6.58 Å². The summed E-state index contributed by atoms with van der Waals surface area (Å²) in [5.41, 5.74) is 1.51. The molecule has 0 bridgehead atoms. The third-order valence-corrected chi connectivity index (χ3v) is 4.99. The number of nitrogens with zero attached hydrogens (tertiary/aromatic N) is 1. The summed E-state index contributed by atoms with van der Waals surface area (Å²) in [6.45, 7) is 3.89. The number of anilines is 1. The number of hydrogen-bond donors (Lipinski definition) is 0. The molecule has 26 heavy (non-hydrogen) atoms. The smallest absolute Gasteiger partial charge is 0.242 e. The summed E-state index contributed by atoms with van der Waals surface area (Å²) in [6, 6.07) is 11.3. The monoisotopic (exact) mass is 353 g/mol. The van der Waals surface area contributed by atoms with Crippen molar-refractivity contribution in [3.8, 4) is 17.2 Å². The number of allylic oxidation sites excluding steroid dienone is 1. The predicted octanol–water partition coefficient (Wildman–Crippen LogP) is 3.55. The van der Waals surface area contributed by atoms with Gasteiger partial charge in [-0.1, -0.05) is 24.3 Å². The van der Waals surface area contributed by atoms with Crippen LogP contribution in [-0.4, -0.2) is 34.3 Å². The second-order valence-corrected chi connectivity index (χ2v) is 6.19. The number of amides is 1. The van der Waals surface area contributed by atoms with Gasteiger partial charge in [0, 0.05) is 24.9 Å². The standard InChI is InChI=1S/C21H23NO4/c1-6-11-21(15-9-7-8-10-16(15)22(2)20(21)23)19-17(25-4)12-14(24-3)13-18(19)26-5/h6-10,12-13H,1,11H2,2-5H3/t21-/m1/s1. The fraction of sp³-hybridized carbons (Fsp3) is 0.286. The Labute approximate surface area is 153 Å². The van der Waals surface area contributed by atoms with E-state index in [0.29, 0.717) is 29.2 Å². The fourth-order valence-corrected chi connectivity index (χ4v) is 3.82. The SMILES string of the molecule is C=CC[C@@]1(c2c(OC)cc(OC)cc2OC)C(=O)N(C)c2ccccc21. The number of methoxy groups -OCH3 is 3. The van der Waals surface area contributed by atoms with Crippen LogP contribution < -0.4 is 19.1 Å². The third-order valence-electron chi connectivity index (χ3n) is 4.99. The van der Waals surface area contributed by atoms with Crippen LogP contribution in [0.4, 0.5) is 5.69 Å². The van der Waals surface area contributed by atoms with E-state index in [1.807, 2.05) is 24.3 Å². The number of para-hydroxylation sites is 1. The van der Waals surface area contributed by atoms with Crippen LogP contribution >= 0.6 is 0 Å². The molecule has 0 unspecified atom stereocenters. The average Bonchev–Trinajstić information content (AvgIpc) is 2.89. The molecular formula is C21H23NO4. The highest BCUT2D eigenvalue weighted by atomic mass is 16.5. The van der Waals surface area contributed by atoms with E-state index >= 15 is 0 Å². The highest BCUT2D eigenvalue weighted by Crippen LogP contribution is 2.54. The molecule has 5 nitrogen and oxygen atoms in total. The molecule has 1 heterocycles. The largest absolute Gasteiger partial charge is 0.496 e. The molecule has 1 aliphatic rings. The van der Waals surface area contributed by atoms with Crippen molar-refractivity contribution in [2.24, 2.45) is 0 Å². The molecular weight excluding hydrogens is 330 g/mol. The fourth-order valence-electron chi connectivity index (χ4n) is 3.82. The average molecular weight is 353 g/mol. The van der Waals surface area contributed by atoms with Gasteiger partial charge in [0.15, 0.2) is 0 Å². The number of carbonyl (C=O) groups excluding carboxylic acids is 1. The van der Waals surface area contributed by atoms with Crippen molar-refractivity contribution in [2.45, 2.75) is 11.8 Å². The second-order valence-electron chi connectivity index (χ2n) is 6.19. The van der Waals surface area contributed by atoms with E-state index in [-0.39, 0.29) is 5.91 Å². The molecule has 0 aromatic heterocycles. The Balaban J connectivity index is 2.41. The lowest BCUT2D eigenvalue weighted by molar-refractivity contribution is -0.121. The summed E-state index contributed by atoms with van der Waals surface area (Å²) in [7, 11) is 6.52. The van der Waals surface area contributed by atoms with Crippen LogP contribution in [0.5, 0.6) is 17.2 Å². The lowest BCUT2D eigenvalue weighted by atomic mass is 9.72. The molecule has 0 saturated carbocycles. The van der Waals surface area contributed by atoms with Crippen LogP contribution in [0.25, 0.3) is 0 Å². The van der Waals surface area contributed by atoms with Gasteiger partial charge in [0.25, 0.3) is 0 Å². The minimum atomic E-state index is -0.962. The Hall–Kier alpha value is -2.95. The minimum absolute atomic E-state index is 0.0413. The second kappa shape index (κ2) is 6.75. The molecule has 0 aliphatic carbocycles. The van der Waals surface area contributed by atoms with Gasteiger partial charge in [-0.05, 0) is 18.1 Å². The van der Waals surface area contributed by atoms with E-state index in [1.165, 1.54) is 0 Å². The molecule has 1 atom stereocenters. The maximum atomic E-state index is 13.5. The molecule has 2 aromatic rings. The molecule has 0 spiro atoms. The zero-order valence-electron chi connectivity index (χ0n) is 15.5. The van der Waals surface area contributed by atoms with Crippen molar-refractivity contribution < 1.29 is 19.0 Å². The zero-order chi connectivity index (χ0) is 18.9. The van der Waals surface area contributed by atoms with Crippen molar-refractivity contribution in [2.75, 3.05) is 33.3 Å². The molecule has 3 rings (SSSR count). The van der Waals surface area contributed by atoms with E-state index in [9.17, 15) is 4.79 Å². The maximum Gasteiger partial charge on any atom is 0.242 e. The molecule has 136 valence electrons. The number of fused-ring (bicyclic) bond motifs is 1. The predicted molar refractivity (Wildman–Crippen MR) is 102 cm³/mol. The van der Waals surface area contributed by atoms with Gasteiger partial charge in [0.2, 0.25) is 5.91 Å². The van der Waals surface area contributed by atoms with Crippen molar-refractivity contribution in [3.63, 3.8) is 0 Å². The maximum absolute atomic E-state index is 13.5. The molecule has 1 amide bonds. The number of carbonyl (C=O) groups is 1. The Bertz CT molecular complexity index is 836. The first kappa shape index (κ1) is 17.9. The number of benzene rings is 2. The van der Waals surface area contributed by atoms with Gasteiger partial charge in [-0.2, -0.15) is 0 Å². The van der Waals surface area contributed by atoms with Crippen LogP contribution in [0, 0.1) is 0 Å². The van der Waals surface area contributed by atoms with Crippen LogP contribution in [-0.2, 0) is 10.2 Å². The summed E-state index contributed by atoms with van der Waals surface area (Å²) < 4.78 is 16.6. The lowest BCUT2D eigenvalue weighted by Crippen LogP contribution is -2.40. The highest BCUT2D eigenvalue weighted by Gasteiger charge is 2.53. The van der Waals surface area contributed by atoms with E-state index in [0.717, 1.165) is 11.3 Å². The van der Waals surface area contributed by atoms with Crippen LogP contribution in [0.1, 0.15) is 17.5 Å². The third kappa shape index (κ3) is 2.35. The first-order chi connectivity index (χ1) is 12.5. The van der Waals surface area contributed by atoms with Gasteiger partial charge in [0.05, 0.1) is 26.9 Å². The van der Waals surface area contributed by atoms with Gasteiger partial charge in [-0.3, -0.25) is 4.79 Å². The van der Waals surface area contributed by atoms with Crippen LogP contribution in [0.15, 0.2) is 49.1 Å².